The van der Waals surface area contributed by atoms with Gasteiger partial charge in [-0.1, -0.05) is 48.5 Å². The minimum absolute atomic E-state index is 0.0589. The number of hydrogen-bond acceptors (Lipinski definition) is 5. The number of carboxylic acid groups (broad SMARTS) is 1. The molecule has 2 amide bonds. The second-order valence-corrected chi connectivity index (χ2v) is 7.99. The van der Waals surface area contributed by atoms with E-state index in [4.69, 9.17) is 14.9 Å². The lowest BCUT2D eigenvalue weighted by atomic mass is 9.98. The Kier molecular flexibility index (Phi) is 7.07. The topological polar surface area (TPSA) is 116 Å². The molecule has 180 valence electrons. The third kappa shape index (κ3) is 5.15. The maximum Gasteiger partial charge on any atom is 0.411 e. The monoisotopic (exact) mass is 478 g/mol. The van der Waals surface area contributed by atoms with Gasteiger partial charge in [0.25, 0.3) is 5.91 Å². The maximum atomic E-state index is 14.6. The predicted octanol–water partition coefficient (Wildman–Crippen LogP) is 3.71. The van der Waals surface area contributed by atoms with Gasteiger partial charge in [0.2, 0.25) is 0 Å². The van der Waals surface area contributed by atoms with E-state index < -0.39 is 36.9 Å². The lowest BCUT2D eigenvalue weighted by molar-refractivity contribution is -0.137. The Bertz CT molecular complexity index is 1230. The molecule has 0 bridgehead atoms. The first-order chi connectivity index (χ1) is 16.9. The zero-order valence-corrected chi connectivity index (χ0v) is 18.6. The molecule has 0 saturated carbocycles. The summed E-state index contributed by atoms with van der Waals surface area (Å²) >= 11 is 0. The smallest absolute Gasteiger partial charge is 0.411 e. The zero-order valence-electron chi connectivity index (χ0n) is 18.6. The van der Waals surface area contributed by atoms with Gasteiger partial charge in [-0.05, 0) is 40.5 Å². The first-order valence-corrected chi connectivity index (χ1v) is 10.9. The Morgan fingerprint density at radius 3 is 2.17 bits per heavy atom. The van der Waals surface area contributed by atoms with E-state index in [1.54, 1.807) is 0 Å². The third-order valence-electron chi connectivity index (χ3n) is 5.78. The summed E-state index contributed by atoms with van der Waals surface area (Å²) in [5.74, 6) is -3.05. The van der Waals surface area contributed by atoms with Gasteiger partial charge in [-0.3, -0.25) is 14.9 Å². The highest BCUT2D eigenvalue weighted by molar-refractivity contribution is 5.96. The van der Waals surface area contributed by atoms with E-state index in [0.717, 1.165) is 33.2 Å². The quantitative estimate of drug-likeness (QED) is 0.455. The number of hydrogen-bond donors (Lipinski definition) is 3. The number of nitrogens with one attached hydrogen (secondary N) is 1. The molecule has 0 fully saturated rings. The number of carbonyl (C=O) groups excluding carboxylic acids is 2. The van der Waals surface area contributed by atoms with Crippen LogP contribution in [0.4, 0.5) is 14.9 Å². The van der Waals surface area contributed by atoms with Crippen LogP contribution >= 0.6 is 0 Å². The highest BCUT2D eigenvalue weighted by Crippen LogP contribution is 2.44. The molecule has 0 aliphatic heterocycles. The Hall–Kier alpha value is -4.24. The number of rotatable bonds is 8. The van der Waals surface area contributed by atoms with Crippen LogP contribution in [0.5, 0.6) is 0 Å². The van der Waals surface area contributed by atoms with Crippen molar-refractivity contribution >= 4 is 23.7 Å². The number of carboxylic acids is 1. The largest absolute Gasteiger partial charge is 0.480 e. The highest BCUT2D eigenvalue weighted by atomic mass is 19.1. The highest BCUT2D eigenvalue weighted by Gasteiger charge is 2.29. The van der Waals surface area contributed by atoms with Gasteiger partial charge in [0, 0.05) is 18.0 Å². The minimum Gasteiger partial charge on any atom is -0.480 e. The summed E-state index contributed by atoms with van der Waals surface area (Å²) in [5, 5.41) is 20.3. The molecule has 35 heavy (non-hydrogen) atoms. The van der Waals surface area contributed by atoms with E-state index >= 15 is 0 Å². The van der Waals surface area contributed by atoms with Crippen LogP contribution in [0, 0.1) is 5.82 Å². The fourth-order valence-electron chi connectivity index (χ4n) is 4.21. The number of aliphatic hydroxyl groups is 1. The van der Waals surface area contributed by atoms with Gasteiger partial charge >= 0.3 is 12.1 Å². The average Bonchev–Trinajstić information content (AvgIpc) is 3.17. The van der Waals surface area contributed by atoms with Crippen molar-refractivity contribution in [3.63, 3.8) is 0 Å². The Morgan fingerprint density at radius 2 is 1.60 bits per heavy atom. The summed E-state index contributed by atoms with van der Waals surface area (Å²) in [6, 6.07) is 19.1. The Balaban J connectivity index is 1.42. The van der Waals surface area contributed by atoms with Crippen LogP contribution < -0.4 is 5.32 Å². The standard InChI is InChI=1S/C26H23FN2O6/c27-22-13-16(25(33)29(11-12-30)14-24(31)32)9-10-23(22)28-26(34)35-15-21-19-7-3-1-5-17(19)18-6-2-4-8-20(18)21/h1-10,13,21,30H,11-12,14-15H2,(H,28,34)(H,31,32). The van der Waals surface area contributed by atoms with Crippen LogP contribution in [-0.2, 0) is 9.53 Å². The van der Waals surface area contributed by atoms with E-state index in [1.165, 1.54) is 12.1 Å². The summed E-state index contributed by atoms with van der Waals surface area (Å²) in [6.45, 7) is -1.24. The Labute approximate surface area is 200 Å². The number of anilines is 1. The van der Waals surface area contributed by atoms with Gasteiger partial charge in [0.15, 0.2) is 0 Å². The second kappa shape index (κ2) is 10.4. The number of benzene rings is 3. The van der Waals surface area contributed by atoms with E-state index in [0.29, 0.717) is 0 Å². The number of fused-ring (bicyclic) bond motifs is 3. The molecule has 3 aromatic carbocycles. The number of ether oxygens (including phenoxy) is 1. The van der Waals surface area contributed by atoms with E-state index in [2.05, 4.69) is 5.32 Å². The van der Waals surface area contributed by atoms with Gasteiger partial charge < -0.3 is 19.8 Å². The molecule has 0 unspecified atom stereocenters. The fraction of sp³-hybridized carbons (Fsp3) is 0.192. The second-order valence-electron chi connectivity index (χ2n) is 7.99. The summed E-state index contributed by atoms with van der Waals surface area (Å²) < 4.78 is 20.0. The molecule has 8 nitrogen and oxygen atoms in total. The number of amides is 2. The molecule has 9 heteroatoms. The number of aliphatic carboxylic acids is 1. The van der Waals surface area contributed by atoms with Crippen molar-refractivity contribution in [3.05, 3.63) is 89.2 Å². The van der Waals surface area contributed by atoms with Crippen molar-refractivity contribution in [1.29, 1.82) is 0 Å². The van der Waals surface area contributed by atoms with Gasteiger partial charge in [-0.2, -0.15) is 0 Å². The molecular weight excluding hydrogens is 455 g/mol. The maximum absolute atomic E-state index is 14.6. The van der Waals surface area contributed by atoms with E-state index in [9.17, 15) is 18.8 Å². The molecule has 0 radical (unpaired) electrons. The lowest BCUT2D eigenvalue weighted by Crippen LogP contribution is -2.37. The van der Waals surface area contributed by atoms with Crippen LogP contribution in [0.15, 0.2) is 66.7 Å². The molecule has 3 N–H and O–H groups in total. The third-order valence-corrected chi connectivity index (χ3v) is 5.78. The van der Waals surface area contributed by atoms with E-state index in [-0.39, 0.29) is 30.3 Å². The normalized spacial score (nSPS) is 11.9. The van der Waals surface area contributed by atoms with Crippen LogP contribution in [0.3, 0.4) is 0 Å². The van der Waals surface area contributed by atoms with Gasteiger partial charge in [0.05, 0.1) is 12.3 Å². The number of nitrogens with zero attached hydrogens (tertiary/aromatic N) is 1. The molecule has 0 atom stereocenters. The summed E-state index contributed by atoms with van der Waals surface area (Å²) in [4.78, 5) is 36.7. The Morgan fingerprint density at radius 1 is 0.971 bits per heavy atom. The number of carbonyl (C=O) groups is 3. The van der Waals surface area contributed by atoms with Crippen molar-refractivity contribution < 1.29 is 33.7 Å². The number of aliphatic hydroxyl groups excluding tert-OH is 1. The molecule has 1 aliphatic carbocycles. The van der Waals surface area contributed by atoms with Crippen LogP contribution in [0.25, 0.3) is 11.1 Å². The SMILES string of the molecule is O=C(O)CN(CCO)C(=O)c1ccc(NC(=O)OCC2c3ccccc3-c3ccccc32)c(F)c1. The van der Waals surface area contributed by atoms with Crippen LogP contribution in [0.2, 0.25) is 0 Å². The molecule has 0 saturated heterocycles. The summed E-state index contributed by atoms with van der Waals surface area (Å²) in [6.07, 6.45) is -0.849. The van der Waals surface area contributed by atoms with Gasteiger partial charge in [-0.25, -0.2) is 9.18 Å². The molecular formula is C26H23FN2O6. The fourth-order valence-corrected chi connectivity index (χ4v) is 4.21. The lowest BCUT2D eigenvalue weighted by Gasteiger charge is -2.20. The summed E-state index contributed by atoms with van der Waals surface area (Å²) in [5.41, 5.74) is 3.96. The van der Waals surface area contributed by atoms with Gasteiger partial charge in [0.1, 0.15) is 19.0 Å². The van der Waals surface area contributed by atoms with Crippen molar-refractivity contribution in [2.75, 3.05) is 31.6 Å². The van der Waals surface area contributed by atoms with Crippen molar-refractivity contribution in [1.82, 2.24) is 4.90 Å². The number of halogens is 1. The molecule has 3 aromatic rings. The minimum atomic E-state index is -1.26. The van der Waals surface area contributed by atoms with Crippen LogP contribution in [0.1, 0.15) is 27.4 Å². The van der Waals surface area contributed by atoms with Crippen LogP contribution in [-0.4, -0.2) is 59.4 Å². The van der Waals surface area contributed by atoms with Crippen molar-refractivity contribution in [3.8, 4) is 11.1 Å². The molecule has 1 aliphatic rings. The van der Waals surface area contributed by atoms with E-state index in [1.807, 2.05) is 48.5 Å². The average molecular weight is 478 g/mol. The molecule has 0 aromatic heterocycles. The van der Waals surface area contributed by atoms with Crippen molar-refractivity contribution in [2.24, 2.45) is 0 Å². The van der Waals surface area contributed by atoms with Gasteiger partial charge in [-0.15, -0.1) is 0 Å². The predicted molar refractivity (Wildman–Crippen MR) is 126 cm³/mol. The molecule has 0 heterocycles. The zero-order chi connectivity index (χ0) is 24.9. The summed E-state index contributed by atoms with van der Waals surface area (Å²) in [7, 11) is 0. The first-order valence-electron chi connectivity index (χ1n) is 10.9. The first kappa shape index (κ1) is 23.9. The molecule has 4 rings (SSSR count). The van der Waals surface area contributed by atoms with Crippen molar-refractivity contribution in [2.45, 2.75) is 5.92 Å². The molecule has 0 spiro atoms.